The summed E-state index contributed by atoms with van der Waals surface area (Å²) in [6, 6.07) is 8.21. The zero-order valence-corrected chi connectivity index (χ0v) is 11.4. The van der Waals surface area contributed by atoms with Gasteiger partial charge in [-0.25, -0.2) is 4.79 Å². The van der Waals surface area contributed by atoms with Crippen LogP contribution < -0.4 is 5.73 Å². The first-order valence-electron chi connectivity index (χ1n) is 5.46. The first kappa shape index (κ1) is 13.4. The van der Waals surface area contributed by atoms with Crippen LogP contribution in [0.1, 0.15) is 26.4 Å². The van der Waals surface area contributed by atoms with E-state index in [0.717, 1.165) is 10.0 Å². The Morgan fingerprint density at radius 1 is 1.26 bits per heavy atom. The van der Waals surface area contributed by atoms with Crippen LogP contribution in [0.2, 0.25) is 0 Å². The summed E-state index contributed by atoms with van der Waals surface area (Å²) in [5.74, 6) is -0.926. The Hall–Kier alpha value is -2.08. The summed E-state index contributed by atoms with van der Waals surface area (Å²) < 4.78 is 5.90. The maximum atomic E-state index is 11.7. The van der Waals surface area contributed by atoms with Crippen molar-refractivity contribution >= 4 is 27.8 Å². The summed E-state index contributed by atoms with van der Waals surface area (Å²) >= 11 is 3.24. The average molecular weight is 323 g/mol. The van der Waals surface area contributed by atoms with E-state index in [1.165, 1.54) is 0 Å². The number of amides is 1. The van der Waals surface area contributed by atoms with Crippen LogP contribution in [0.4, 0.5) is 0 Å². The molecule has 19 heavy (non-hydrogen) atoms. The molecule has 3 N–H and O–H groups in total. The third kappa shape index (κ3) is 3.45. The minimum Gasteiger partial charge on any atom is -0.456 e. The van der Waals surface area contributed by atoms with Crippen molar-refractivity contribution in [2.75, 3.05) is 0 Å². The molecule has 1 aromatic carbocycles. The molecule has 0 saturated heterocycles. The molecule has 0 saturated carbocycles. The third-order valence-electron chi connectivity index (χ3n) is 2.48. The lowest BCUT2D eigenvalue weighted by Crippen LogP contribution is -2.11. The van der Waals surface area contributed by atoms with E-state index in [2.05, 4.69) is 20.9 Å². The highest BCUT2D eigenvalue weighted by Crippen LogP contribution is 2.12. The molecule has 2 rings (SSSR count). The molecular formula is C13H11BrN2O3. The highest BCUT2D eigenvalue weighted by molar-refractivity contribution is 9.10. The van der Waals surface area contributed by atoms with Gasteiger partial charge >= 0.3 is 5.97 Å². The van der Waals surface area contributed by atoms with Gasteiger partial charge in [0, 0.05) is 16.2 Å². The van der Waals surface area contributed by atoms with Crippen molar-refractivity contribution in [3.8, 4) is 0 Å². The molecule has 0 fully saturated rings. The van der Waals surface area contributed by atoms with Gasteiger partial charge in [-0.1, -0.05) is 12.1 Å². The number of primary amides is 1. The molecule has 0 atom stereocenters. The minimum atomic E-state index is -0.486. The van der Waals surface area contributed by atoms with Crippen molar-refractivity contribution in [2.24, 2.45) is 5.73 Å². The highest BCUT2D eigenvalue weighted by atomic mass is 79.9. The van der Waals surface area contributed by atoms with Crippen LogP contribution in [0, 0.1) is 0 Å². The SMILES string of the molecule is NC(=O)c1ccc(COC(=O)c2cc(Br)c[nH]2)cc1. The second kappa shape index (κ2) is 5.71. The molecule has 0 radical (unpaired) electrons. The molecule has 5 nitrogen and oxygen atoms in total. The number of H-pyrrole nitrogens is 1. The molecule has 1 heterocycles. The van der Waals surface area contributed by atoms with Crippen molar-refractivity contribution in [3.63, 3.8) is 0 Å². The van der Waals surface area contributed by atoms with E-state index in [1.54, 1.807) is 36.5 Å². The van der Waals surface area contributed by atoms with Gasteiger partial charge in [-0.3, -0.25) is 4.79 Å². The first-order chi connectivity index (χ1) is 9.06. The van der Waals surface area contributed by atoms with Gasteiger partial charge in [0.25, 0.3) is 0 Å². The van der Waals surface area contributed by atoms with Crippen molar-refractivity contribution in [3.05, 3.63) is 57.8 Å². The summed E-state index contributed by atoms with van der Waals surface area (Å²) in [6.45, 7) is 0.133. The average Bonchev–Trinajstić information content (AvgIpc) is 2.83. The monoisotopic (exact) mass is 322 g/mol. The largest absolute Gasteiger partial charge is 0.456 e. The van der Waals surface area contributed by atoms with Gasteiger partial charge in [0.05, 0.1) is 0 Å². The van der Waals surface area contributed by atoms with Crippen molar-refractivity contribution < 1.29 is 14.3 Å². The molecular weight excluding hydrogens is 312 g/mol. The number of aromatic nitrogens is 1. The summed E-state index contributed by atoms with van der Waals surface area (Å²) in [4.78, 5) is 25.3. The number of rotatable bonds is 4. The molecule has 1 aromatic heterocycles. The predicted molar refractivity (Wildman–Crippen MR) is 72.6 cm³/mol. The molecule has 1 amide bonds. The summed E-state index contributed by atoms with van der Waals surface area (Å²) in [5, 5.41) is 0. The fourth-order valence-corrected chi connectivity index (χ4v) is 1.82. The van der Waals surface area contributed by atoms with Crippen LogP contribution in [0.15, 0.2) is 41.0 Å². The molecule has 2 aromatic rings. The Balaban J connectivity index is 1.95. The Labute approximate surface area is 117 Å². The number of carbonyl (C=O) groups is 2. The van der Waals surface area contributed by atoms with Crippen LogP contribution in [0.5, 0.6) is 0 Å². The van der Waals surface area contributed by atoms with E-state index in [0.29, 0.717) is 11.3 Å². The maximum absolute atomic E-state index is 11.7. The number of ether oxygens (including phenoxy) is 1. The topological polar surface area (TPSA) is 85.2 Å². The van der Waals surface area contributed by atoms with E-state index in [1.807, 2.05) is 0 Å². The lowest BCUT2D eigenvalue weighted by atomic mass is 10.1. The van der Waals surface area contributed by atoms with Crippen LogP contribution in [-0.4, -0.2) is 16.9 Å². The highest BCUT2D eigenvalue weighted by Gasteiger charge is 2.09. The van der Waals surface area contributed by atoms with Gasteiger partial charge in [-0.15, -0.1) is 0 Å². The second-order valence-corrected chi connectivity index (χ2v) is 4.78. The Morgan fingerprint density at radius 2 is 1.95 bits per heavy atom. The van der Waals surface area contributed by atoms with Crippen molar-refractivity contribution in [1.82, 2.24) is 4.98 Å². The second-order valence-electron chi connectivity index (χ2n) is 3.87. The third-order valence-corrected chi connectivity index (χ3v) is 2.93. The van der Waals surface area contributed by atoms with Gasteiger partial charge in [-0.05, 0) is 39.7 Å². The molecule has 0 aliphatic heterocycles. The summed E-state index contributed by atoms with van der Waals surface area (Å²) in [6.07, 6.45) is 1.65. The number of carbonyl (C=O) groups excluding carboxylic acids is 2. The molecule has 0 aliphatic carbocycles. The number of esters is 1. The number of hydrogen-bond acceptors (Lipinski definition) is 3. The Bertz CT molecular complexity index is 605. The Kier molecular flexibility index (Phi) is 4.01. The van der Waals surface area contributed by atoms with E-state index in [4.69, 9.17) is 10.5 Å². The quantitative estimate of drug-likeness (QED) is 0.846. The zero-order valence-electron chi connectivity index (χ0n) is 9.85. The number of nitrogens with two attached hydrogens (primary N) is 1. The molecule has 0 spiro atoms. The van der Waals surface area contributed by atoms with Gasteiger partial charge < -0.3 is 15.5 Å². The molecule has 0 aliphatic rings. The predicted octanol–water partition coefficient (Wildman–Crippen LogP) is 2.23. The van der Waals surface area contributed by atoms with E-state index in [-0.39, 0.29) is 6.61 Å². The van der Waals surface area contributed by atoms with Crippen LogP contribution in [-0.2, 0) is 11.3 Å². The Morgan fingerprint density at radius 3 is 2.47 bits per heavy atom. The fraction of sp³-hybridized carbons (Fsp3) is 0.0769. The number of hydrogen-bond donors (Lipinski definition) is 2. The van der Waals surface area contributed by atoms with E-state index < -0.39 is 11.9 Å². The van der Waals surface area contributed by atoms with E-state index in [9.17, 15) is 9.59 Å². The van der Waals surface area contributed by atoms with Crippen LogP contribution in [0.3, 0.4) is 0 Å². The first-order valence-corrected chi connectivity index (χ1v) is 6.25. The normalized spacial score (nSPS) is 10.2. The molecule has 0 bridgehead atoms. The van der Waals surface area contributed by atoms with Gasteiger partial charge in [-0.2, -0.15) is 0 Å². The molecule has 98 valence electrons. The number of halogens is 1. The maximum Gasteiger partial charge on any atom is 0.355 e. The summed E-state index contributed by atoms with van der Waals surface area (Å²) in [7, 11) is 0. The zero-order chi connectivity index (χ0) is 13.8. The van der Waals surface area contributed by atoms with Gasteiger partial charge in [0.1, 0.15) is 12.3 Å². The molecule has 0 unspecified atom stereocenters. The molecule has 6 heteroatoms. The van der Waals surface area contributed by atoms with Crippen LogP contribution >= 0.6 is 15.9 Å². The minimum absolute atomic E-state index is 0.133. The lowest BCUT2D eigenvalue weighted by molar-refractivity contribution is 0.0466. The standard InChI is InChI=1S/C13H11BrN2O3/c14-10-5-11(16-6-10)13(18)19-7-8-1-3-9(4-2-8)12(15)17/h1-6,16H,7H2,(H2,15,17). The lowest BCUT2D eigenvalue weighted by Gasteiger charge is -2.04. The number of benzene rings is 1. The van der Waals surface area contributed by atoms with Crippen molar-refractivity contribution in [2.45, 2.75) is 6.61 Å². The smallest absolute Gasteiger partial charge is 0.355 e. The van der Waals surface area contributed by atoms with Crippen molar-refractivity contribution in [1.29, 1.82) is 0 Å². The number of aromatic amines is 1. The fourth-order valence-electron chi connectivity index (χ4n) is 1.48. The van der Waals surface area contributed by atoms with E-state index >= 15 is 0 Å². The van der Waals surface area contributed by atoms with Gasteiger partial charge in [0.15, 0.2) is 0 Å². The van der Waals surface area contributed by atoms with Crippen LogP contribution in [0.25, 0.3) is 0 Å². The summed E-state index contributed by atoms with van der Waals surface area (Å²) in [5.41, 5.74) is 6.71. The number of nitrogens with one attached hydrogen (secondary N) is 1. The van der Waals surface area contributed by atoms with Gasteiger partial charge in [0.2, 0.25) is 5.91 Å².